The molecule has 2 N–H and O–H groups in total. The van der Waals surface area contributed by atoms with Crippen LogP contribution >= 0.6 is 11.8 Å². The molecule has 8 heteroatoms. The predicted octanol–water partition coefficient (Wildman–Crippen LogP) is 4.33. The van der Waals surface area contributed by atoms with Gasteiger partial charge in [0.2, 0.25) is 5.91 Å². The lowest BCUT2D eigenvalue weighted by molar-refractivity contribution is -0.116. The fraction of sp³-hybridized carbons (Fsp3) is 0.292. The van der Waals surface area contributed by atoms with E-state index in [0.717, 1.165) is 11.1 Å². The van der Waals surface area contributed by atoms with Crippen LogP contribution in [0.15, 0.2) is 58.5 Å². The van der Waals surface area contributed by atoms with Gasteiger partial charge in [-0.15, -0.1) is 0 Å². The zero-order valence-corrected chi connectivity index (χ0v) is 19.0. The van der Waals surface area contributed by atoms with Crippen molar-refractivity contribution in [2.24, 2.45) is 0 Å². The molecular weight excluding hydrogens is 426 g/mol. The van der Waals surface area contributed by atoms with Gasteiger partial charge in [0, 0.05) is 18.1 Å². The van der Waals surface area contributed by atoms with Crippen LogP contribution < -0.4 is 20.3 Å². The number of anilines is 1. The summed E-state index contributed by atoms with van der Waals surface area (Å²) in [5.74, 6) is 1.54. The van der Waals surface area contributed by atoms with Gasteiger partial charge in [-0.2, -0.15) is 0 Å². The molecule has 0 spiro atoms. The number of hydrogen-bond donors (Lipinski definition) is 2. The van der Waals surface area contributed by atoms with Gasteiger partial charge >= 0.3 is 0 Å². The molecule has 166 valence electrons. The molecule has 4 rings (SSSR count). The highest BCUT2D eigenvalue weighted by Gasteiger charge is 2.31. The van der Waals surface area contributed by atoms with Crippen LogP contribution in [0.4, 0.5) is 5.82 Å². The number of methoxy groups -OCH3 is 1. The fourth-order valence-corrected chi connectivity index (χ4v) is 4.50. The Morgan fingerprint density at radius 2 is 1.91 bits per heavy atom. The van der Waals surface area contributed by atoms with E-state index in [-0.39, 0.29) is 24.0 Å². The number of nitrogens with one attached hydrogen (secondary N) is 2. The molecule has 0 bridgehead atoms. The molecule has 1 aromatic heterocycles. The van der Waals surface area contributed by atoms with Gasteiger partial charge < -0.3 is 19.8 Å². The van der Waals surface area contributed by atoms with Crippen LogP contribution in [-0.4, -0.2) is 29.1 Å². The third kappa shape index (κ3) is 4.80. The lowest BCUT2D eigenvalue weighted by Gasteiger charge is -2.25. The number of thioether (sulfide) groups is 1. The number of hydrogen-bond acceptors (Lipinski definition) is 6. The van der Waals surface area contributed by atoms with Gasteiger partial charge in [-0.1, -0.05) is 48.2 Å². The van der Waals surface area contributed by atoms with Crippen molar-refractivity contribution >= 4 is 23.5 Å². The van der Waals surface area contributed by atoms with Gasteiger partial charge in [0.25, 0.3) is 5.56 Å². The minimum Gasteiger partial charge on any atom is -0.493 e. The summed E-state index contributed by atoms with van der Waals surface area (Å²) >= 11 is 1.42. The third-order valence-electron chi connectivity index (χ3n) is 5.10. The SMILES string of the molecule is COc1cc([C@H]2CC(=O)Nc3nc(SCc4ccccc4)[nH]c(=O)c32)ccc1OC(C)C. The van der Waals surface area contributed by atoms with Crippen molar-refractivity contribution in [1.82, 2.24) is 9.97 Å². The summed E-state index contributed by atoms with van der Waals surface area (Å²) in [5.41, 5.74) is 2.12. The maximum atomic E-state index is 13.0. The highest BCUT2D eigenvalue weighted by molar-refractivity contribution is 7.98. The third-order valence-corrected chi connectivity index (χ3v) is 6.04. The summed E-state index contributed by atoms with van der Waals surface area (Å²) in [5, 5.41) is 3.24. The van der Waals surface area contributed by atoms with Crippen molar-refractivity contribution in [1.29, 1.82) is 0 Å². The van der Waals surface area contributed by atoms with Gasteiger partial charge in [-0.25, -0.2) is 4.98 Å². The standard InChI is InChI=1S/C24H25N3O4S/c1-14(2)31-18-10-9-16(11-19(18)30-3)17-12-20(28)25-22-21(17)23(29)27-24(26-22)32-13-15-7-5-4-6-8-15/h4-11,14,17H,12-13H2,1-3H3,(H2,25,26,27,28,29)/t17-/m1/s1. The Bertz CT molecular complexity index is 1180. The minimum absolute atomic E-state index is 0.00483. The van der Waals surface area contributed by atoms with E-state index in [2.05, 4.69) is 15.3 Å². The number of rotatable bonds is 7. The van der Waals surface area contributed by atoms with Crippen LogP contribution in [-0.2, 0) is 10.5 Å². The fourth-order valence-electron chi connectivity index (χ4n) is 3.68. The van der Waals surface area contributed by atoms with Crippen molar-refractivity contribution in [3.05, 3.63) is 75.6 Å². The number of nitrogens with zero attached hydrogens (tertiary/aromatic N) is 1. The minimum atomic E-state index is -0.426. The number of carbonyl (C=O) groups is 1. The molecular formula is C24H25N3O4S. The molecule has 32 heavy (non-hydrogen) atoms. The largest absolute Gasteiger partial charge is 0.493 e. The first-order chi connectivity index (χ1) is 15.4. The number of aromatic nitrogens is 2. The molecule has 0 unspecified atom stereocenters. The second kappa shape index (κ2) is 9.48. The number of ether oxygens (including phenoxy) is 2. The zero-order chi connectivity index (χ0) is 22.7. The van der Waals surface area contributed by atoms with E-state index in [1.807, 2.05) is 62.4 Å². The van der Waals surface area contributed by atoms with Crippen molar-refractivity contribution in [2.75, 3.05) is 12.4 Å². The monoisotopic (exact) mass is 451 g/mol. The molecule has 7 nitrogen and oxygen atoms in total. The van der Waals surface area contributed by atoms with Crippen LogP contribution in [0.1, 0.15) is 42.9 Å². The first kappa shape index (κ1) is 22.0. The van der Waals surface area contributed by atoms with Gasteiger partial charge in [-0.3, -0.25) is 9.59 Å². The zero-order valence-electron chi connectivity index (χ0n) is 18.2. The maximum absolute atomic E-state index is 13.0. The highest BCUT2D eigenvalue weighted by atomic mass is 32.2. The number of carbonyl (C=O) groups excluding carboxylic acids is 1. The summed E-state index contributed by atoms with van der Waals surface area (Å²) in [4.78, 5) is 32.9. The predicted molar refractivity (Wildman–Crippen MR) is 125 cm³/mol. The van der Waals surface area contributed by atoms with E-state index < -0.39 is 5.92 Å². The lowest BCUT2D eigenvalue weighted by Crippen LogP contribution is -2.31. The number of benzene rings is 2. The highest BCUT2D eigenvalue weighted by Crippen LogP contribution is 2.38. The van der Waals surface area contributed by atoms with Crippen LogP contribution in [0, 0.1) is 0 Å². The molecule has 0 aliphatic carbocycles. The normalized spacial score (nSPS) is 15.2. The Morgan fingerprint density at radius 3 is 2.62 bits per heavy atom. The molecule has 3 aromatic rings. The van der Waals surface area contributed by atoms with Crippen LogP contribution in [0.25, 0.3) is 0 Å². The van der Waals surface area contributed by atoms with Crippen LogP contribution in [0.2, 0.25) is 0 Å². The van der Waals surface area contributed by atoms with E-state index in [1.165, 1.54) is 11.8 Å². The number of aromatic amines is 1. The molecule has 1 atom stereocenters. The Morgan fingerprint density at radius 1 is 1.12 bits per heavy atom. The quantitative estimate of drug-likeness (QED) is 0.410. The van der Waals surface area contributed by atoms with E-state index in [1.54, 1.807) is 7.11 Å². The van der Waals surface area contributed by atoms with Gasteiger partial charge in [0.1, 0.15) is 5.82 Å². The topological polar surface area (TPSA) is 93.3 Å². The van der Waals surface area contributed by atoms with E-state index in [0.29, 0.717) is 33.8 Å². The molecule has 0 radical (unpaired) electrons. The molecule has 0 saturated heterocycles. The molecule has 1 aliphatic heterocycles. The van der Waals surface area contributed by atoms with E-state index >= 15 is 0 Å². The number of amides is 1. The van der Waals surface area contributed by atoms with Gasteiger partial charge in [0.05, 0.1) is 18.8 Å². The molecule has 2 heterocycles. The molecule has 1 amide bonds. The van der Waals surface area contributed by atoms with Crippen molar-refractivity contribution in [3.63, 3.8) is 0 Å². The summed E-state index contributed by atoms with van der Waals surface area (Å²) in [6.45, 7) is 3.88. The van der Waals surface area contributed by atoms with Crippen LogP contribution in [0.5, 0.6) is 11.5 Å². The second-order valence-electron chi connectivity index (χ2n) is 7.79. The summed E-state index contributed by atoms with van der Waals surface area (Å²) in [6.07, 6.45) is 0.150. The Kier molecular flexibility index (Phi) is 6.50. The first-order valence-corrected chi connectivity index (χ1v) is 11.4. The average molecular weight is 452 g/mol. The van der Waals surface area contributed by atoms with Gasteiger partial charge in [-0.05, 0) is 37.1 Å². The van der Waals surface area contributed by atoms with Crippen LogP contribution in [0.3, 0.4) is 0 Å². The summed E-state index contributed by atoms with van der Waals surface area (Å²) < 4.78 is 11.3. The van der Waals surface area contributed by atoms with Crippen molar-refractivity contribution in [2.45, 2.75) is 43.2 Å². The first-order valence-electron chi connectivity index (χ1n) is 10.4. The van der Waals surface area contributed by atoms with Crippen molar-refractivity contribution < 1.29 is 14.3 Å². The molecule has 2 aromatic carbocycles. The summed E-state index contributed by atoms with van der Waals surface area (Å²) in [6, 6.07) is 15.4. The average Bonchev–Trinajstić information content (AvgIpc) is 2.77. The Balaban J connectivity index is 1.66. The Hall–Kier alpha value is -3.26. The second-order valence-corrected chi connectivity index (χ2v) is 8.75. The number of fused-ring (bicyclic) bond motifs is 1. The van der Waals surface area contributed by atoms with E-state index in [9.17, 15) is 9.59 Å². The smallest absolute Gasteiger partial charge is 0.257 e. The summed E-state index contributed by atoms with van der Waals surface area (Å²) in [7, 11) is 1.57. The molecule has 1 aliphatic rings. The number of H-pyrrole nitrogens is 1. The van der Waals surface area contributed by atoms with E-state index in [4.69, 9.17) is 9.47 Å². The molecule has 0 fully saturated rings. The van der Waals surface area contributed by atoms with Gasteiger partial charge in [0.15, 0.2) is 16.7 Å². The Labute approximate surface area is 190 Å². The lowest BCUT2D eigenvalue weighted by atomic mass is 9.86. The maximum Gasteiger partial charge on any atom is 0.257 e. The van der Waals surface area contributed by atoms with Crippen molar-refractivity contribution in [3.8, 4) is 11.5 Å². The molecule has 0 saturated carbocycles.